The van der Waals surface area contributed by atoms with E-state index in [0.29, 0.717) is 11.4 Å². The Bertz CT molecular complexity index is 716. The van der Waals surface area contributed by atoms with Crippen LogP contribution in [0, 0.1) is 26.6 Å². The molecule has 0 bridgehead atoms. The molecule has 5 heteroatoms. The number of carbonyl (C=O) groups excluding carboxylic acids is 1. The summed E-state index contributed by atoms with van der Waals surface area (Å²) < 4.78 is 18.5. The summed E-state index contributed by atoms with van der Waals surface area (Å²) in [6, 6.07) is 7.74. The Hall–Kier alpha value is -2.07. The summed E-state index contributed by atoms with van der Waals surface area (Å²) in [6.07, 6.45) is 0. The smallest absolute Gasteiger partial charge is 0.262 e. The molecular weight excluding hydrogens is 305 g/mol. The van der Waals surface area contributed by atoms with Gasteiger partial charge in [-0.3, -0.25) is 4.79 Å². The van der Waals surface area contributed by atoms with Crippen LogP contribution in [0.25, 0.3) is 0 Å². The molecule has 0 saturated carbocycles. The molecule has 1 amide bonds. The van der Waals surface area contributed by atoms with Gasteiger partial charge < -0.3 is 10.1 Å². The van der Waals surface area contributed by atoms with Crippen molar-refractivity contribution in [1.29, 1.82) is 0 Å². The van der Waals surface area contributed by atoms with Gasteiger partial charge in [-0.05, 0) is 61.7 Å². The molecule has 0 aliphatic carbocycles. The van der Waals surface area contributed by atoms with E-state index in [9.17, 15) is 9.18 Å². The van der Waals surface area contributed by atoms with Gasteiger partial charge >= 0.3 is 0 Å². The second-order valence-electron chi connectivity index (χ2n) is 5.17. The van der Waals surface area contributed by atoms with Crippen molar-refractivity contribution >= 4 is 23.2 Å². The lowest BCUT2D eigenvalue weighted by atomic mass is 10.1. The molecule has 0 atom stereocenters. The third-order valence-corrected chi connectivity index (χ3v) is 3.64. The van der Waals surface area contributed by atoms with E-state index in [1.165, 1.54) is 12.1 Å². The van der Waals surface area contributed by atoms with E-state index in [4.69, 9.17) is 16.3 Å². The Labute approximate surface area is 134 Å². The predicted molar refractivity (Wildman–Crippen MR) is 86.2 cm³/mol. The first kappa shape index (κ1) is 16.3. The predicted octanol–water partition coefficient (Wildman–Crippen LogP) is 4.42. The van der Waals surface area contributed by atoms with Gasteiger partial charge in [0.15, 0.2) is 6.61 Å². The maximum absolute atomic E-state index is 13.0. The molecule has 2 rings (SSSR count). The average Bonchev–Trinajstić information content (AvgIpc) is 2.44. The normalized spacial score (nSPS) is 10.4. The lowest BCUT2D eigenvalue weighted by Gasteiger charge is -2.13. The summed E-state index contributed by atoms with van der Waals surface area (Å²) in [5, 5.41) is 2.74. The molecule has 0 aromatic heterocycles. The van der Waals surface area contributed by atoms with Crippen LogP contribution in [-0.4, -0.2) is 12.5 Å². The Morgan fingerprint density at radius 1 is 1.23 bits per heavy atom. The molecule has 116 valence electrons. The highest BCUT2D eigenvalue weighted by Crippen LogP contribution is 2.24. The zero-order valence-corrected chi connectivity index (χ0v) is 13.4. The van der Waals surface area contributed by atoms with E-state index in [-0.39, 0.29) is 17.5 Å². The maximum Gasteiger partial charge on any atom is 0.262 e. The molecule has 0 spiro atoms. The lowest BCUT2D eigenvalue weighted by Crippen LogP contribution is -2.20. The first-order valence-electron chi connectivity index (χ1n) is 6.82. The minimum atomic E-state index is -0.454. The molecule has 2 aromatic rings. The summed E-state index contributed by atoms with van der Waals surface area (Å²) >= 11 is 5.86. The molecule has 0 saturated heterocycles. The number of ether oxygens (including phenoxy) is 1. The van der Waals surface area contributed by atoms with Gasteiger partial charge in [-0.2, -0.15) is 0 Å². The Morgan fingerprint density at radius 3 is 2.64 bits per heavy atom. The number of hydrogen-bond acceptors (Lipinski definition) is 2. The van der Waals surface area contributed by atoms with E-state index < -0.39 is 5.82 Å². The first-order valence-corrected chi connectivity index (χ1v) is 7.20. The standard InChI is InChI=1S/C17H17ClFNO2/c1-10-6-11(2)12(3)16(7-10)22-9-17(21)20-15-5-4-13(19)8-14(15)18/h4-8H,9H2,1-3H3,(H,20,21). The fourth-order valence-corrected chi connectivity index (χ4v) is 2.29. The van der Waals surface area contributed by atoms with Crippen LogP contribution in [0.15, 0.2) is 30.3 Å². The maximum atomic E-state index is 13.0. The number of carbonyl (C=O) groups is 1. The van der Waals surface area contributed by atoms with Crippen LogP contribution in [0.1, 0.15) is 16.7 Å². The van der Waals surface area contributed by atoms with Crippen molar-refractivity contribution in [1.82, 2.24) is 0 Å². The molecule has 0 radical (unpaired) electrons. The zero-order valence-electron chi connectivity index (χ0n) is 12.7. The van der Waals surface area contributed by atoms with Gasteiger partial charge in [0, 0.05) is 0 Å². The number of amides is 1. The molecule has 0 unspecified atom stereocenters. The van der Waals surface area contributed by atoms with E-state index in [0.717, 1.165) is 22.8 Å². The van der Waals surface area contributed by atoms with Crippen molar-refractivity contribution in [2.45, 2.75) is 20.8 Å². The fraction of sp³-hybridized carbons (Fsp3) is 0.235. The number of halogens is 2. The van der Waals surface area contributed by atoms with E-state index in [1.54, 1.807) is 0 Å². The van der Waals surface area contributed by atoms with Gasteiger partial charge in [-0.1, -0.05) is 17.7 Å². The van der Waals surface area contributed by atoms with Crippen molar-refractivity contribution in [3.8, 4) is 5.75 Å². The number of benzene rings is 2. The molecule has 0 aliphatic heterocycles. The molecule has 1 N–H and O–H groups in total. The summed E-state index contributed by atoms with van der Waals surface area (Å²) in [5.41, 5.74) is 3.53. The van der Waals surface area contributed by atoms with Crippen molar-refractivity contribution < 1.29 is 13.9 Å². The second-order valence-corrected chi connectivity index (χ2v) is 5.57. The van der Waals surface area contributed by atoms with Gasteiger partial charge in [0.2, 0.25) is 0 Å². The number of nitrogens with one attached hydrogen (secondary N) is 1. The molecule has 0 fully saturated rings. The Balaban J connectivity index is 2.01. The number of anilines is 1. The zero-order chi connectivity index (χ0) is 16.3. The highest BCUT2D eigenvalue weighted by atomic mass is 35.5. The fourth-order valence-electron chi connectivity index (χ4n) is 2.07. The molecule has 0 heterocycles. The highest BCUT2D eigenvalue weighted by Gasteiger charge is 2.10. The van der Waals surface area contributed by atoms with Crippen LogP contribution in [0.3, 0.4) is 0 Å². The van der Waals surface area contributed by atoms with Crippen LogP contribution < -0.4 is 10.1 Å². The van der Waals surface area contributed by atoms with E-state index >= 15 is 0 Å². The van der Waals surface area contributed by atoms with Crippen molar-refractivity contribution in [2.75, 3.05) is 11.9 Å². The number of aryl methyl sites for hydroxylation is 2. The van der Waals surface area contributed by atoms with Crippen molar-refractivity contribution in [3.63, 3.8) is 0 Å². The monoisotopic (exact) mass is 321 g/mol. The topological polar surface area (TPSA) is 38.3 Å². The minimum absolute atomic E-state index is 0.141. The molecule has 0 aliphatic rings. The first-order chi connectivity index (χ1) is 10.4. The summed E-state index contributed by atoms with van der Waals surface area (Å²) in [6.45, 7) is 5.77. The number of rotatable bonds is 4. The largest absolute Gasteiger partial charge is 0.483 e. The Morgan fingerprint density at radius 2 is 1.95 bits per heavy atom. The molecular formula is C17H17ClFNO2. The number of hydrogen-bond donors (Lipinski definition) is 1. The van der Waals surface area contributed by atoms with Crippen LogP contribution in [0.4, 0.5) is 10.1 Å². The van der Waals surface area contributed by atoms with Crippen molar-refractivity contribution in [2.24, 2.45) is 0 Å². The average molecular weight is 322 g/mol. The highest BCUT2D eigenvalue weighted by molar-refractivity contribution is 6.33. The Kier molecular flexibility index (Phi) is 5.03. The molecule has 2 aromatic carbocycles. The van der Waals surface area contributed by atoms with E-state index in [2.05, 4.69) is 11.4 Å². The quantitative estimate of drug-likeness (QED) is 0.905. The summed E-state index contributed by atoms with van der Waals surface area (Å²) in [4.78, 5) is 11.9. The van der Waals surface area contributed by atoms with Gasteiger partial charge in [-0.15, -0.1) is 0 Å². The van der Waals surface area contributed by atoms with Crippen LogP contribution in [-0.2, 0) is 4.79 Å². The third-order valence-electron chi connectivity index (χ3n) is 3.33. The van der Waals surface area contributed by atoms with Crippen LogP contribution in [0.5, 0.6) is 5.75 Å². The van der Waals surface area contributed by atoms with Gasteiger partial charge in [0.25, 0.3) is 5.91 Å². The SMILES string of the molecule is Cc1cc(C)c(C)c(OCC(=O)Nc2ccc(F)cc2Cl)c1. The van der Waals surface area contributed by atoms with Crippen LogP contribution >= 0.6 is 11.6 Å². The lowest BCUT2D eigenvalue weighted by molar-refractivity contribution is -0.118. The molecule has 22 heavy (non-hydrogen) atoms. The minimum Gasteiger partial charge on any atom is -0.483 e. The van der Waals surface area contributed by atoms with Gasteiger partial charge in [0.05, 0.1) is 10.7 Å². The summed E-state index contributed by atoms with van der Waals surface area (Å²) in [7, 11) is 0. The molecule has 3 nitrogen and oxygen atoms in total. The van der Waals surface area contributed by atoms with E-state index in [1.807, 2.05) is 26.8 Å². The van der Waals surface area contributed by atoms with Crippen LogP contribution in [0.2, 0.25) is 5.02 Å². The van der Waals surface area contributed by atoms with Gasteiger partial charge in [-0.25, -0.2) is 4.39 Å². The summed E-state index contributed by atoms with van der Waals surface area (Å²) in [5.74, 6) is -0.130. The third kappa shape index (κ3) is 3.98. The second kappa shape index (κ2) is 6.79. The van der Waals surface area contributed by atoms with Crippen molar-refractivity contribution in [3.05, 3.63) is 57.9 Å². The van der Waals surface area contributed by atoms with Gasteiger partial charge in [0.1, 0.15) is 11.6 Å².